The highest BCUT2D eigenvalue weighted by atomic mass is 16.5. The van der Waals surface area contributed by atoms with E-state index in [1.165, 1.54) is 22.4 Å². The van der Waals surface area contributed by atoms with E-state index in [0.717, 1.165) is 38.1 Å². The molecule has 2 aromatic carbocycles. The van der Waals surface area contributed by atoms with Gasteiger partial charge in [-0.05, 0) is 32.4 Å². The Labute approximate surface area is 167 Å². The number of hydrazone groups is 1. The summed E-state index contributed by atoms with van der Waals surface area (Å²) < 4.78 is 6.70. The van der Waals surface area contributed by atoms with Crippen LogP contribution in [-0.4, -0.2) is 40.5 Å². The first-order valence-corrected chi connectivity index (χ1v) is 10.5. The van der Waals surface area contributed by atoms with E-state index >= 15 is 0 Å². The Hall–Kier alpha value is -2.33. The van der Waals surface area contributed by atoms with Gasteiger partial charge < -0.3 is 9.64 Å². The van der Waals surface area contributed by atoms with Crippen LogP contribution in [-0.2, 0) is 0 Å². The summed E-state index contributed by atoms with van der Waals surface area (Å²) in [5.41, 5.74) is 4.64. The minimum Gasteiger partial charge on any atom is -0.466 e. The second-order valence-electron chi connectivity index (χ2n) is 8.69. The zero-order valence-electron chi connectivity index (χ0n) is 17.1. The second kappa shape index (κ2) is 6.63. The molecular weight excluding hydrogens is 346 g/mol. The van der Waals surface area contributed by atoms with Gasteiger partial charge in [0.05, 0.1) is 11.8 Å². The highest BCUT2D eigenvalue weighted by Gasteiger charge is 2.51. The molecule has 0 saturated carbocycles. The summed E-state index contributed by atoms with van der Waals surface area (Å²) in [5.74, 6) is 1.04. The molecule has 2 aromatic rings. The van der Waals surface area contributed by atoms with Gasteiger partial charge in [0, 0.05) is 44.0 Å². The average molecular weight is 376 g/mol. The van der Waals surface area contributed by atoms with Crippen LogP contribution < -0.4 is 4.74 Å². The summed E-state index contributed by atoms with van der Waals surface area (Å²) in [5, 5.41) is 7.47. The van der Waals surface area contributed by atoms with Crippen molar-refractivity contribution < 1.29 is 4.74 Å². The van der Waals surface area contributed by atoms with Crippen LogP contribution >= 0.6 is 0 Å². The number of aryl methyl sites for hydroxylation is 1. The predicted molar refractivity (Wildman–Crippen MR) is 113 cm³/mol. The van der Waals surface area contributed by atoms with Crippen LogP contribution in [0.2, 0.25) is 0 Å². The van der Waals surface area contributed by atoms with Crippen LogP contribution in [0.25, 0.3) is 0 Å². The molecule has 4 heteroatoms. The number of nitrogens with zero attached hydrogens (tertiary/aromatic N) is 3. The Kier molecular flexibility index (Phi) is 4.20. The maximum Gasteiger partial charge on any atom is 0.200 e. The number of likely N-dealkylation sites (tertiary alicyclic amines) is 1. The molecule has 0 bridgehead atoms. The normalized spacial score (nSPS) is 23.4. The van der Waals surface area contributed by atoms with Crippen molar-refractivity contribution in [2.45, 2.75) is 57.8 Å². The Balaban J connectivity index is 1.53. The van der Waals surface area contributed by atoms with E-state index in [0.29, 0.717) is 6.04 Å². The fourth-order valence-corrected chi connectivity index (χ4v) is 4.87. The molecule has 0 amide bonds. The largest absolute Gasteiger partial charge is 0.466 e. The third-order valence-corrected chi connectivity index (χ3v) is 6.60. The molecule has 0 N–H and O–H groups in total. The Bertz CT molecular complexity index is 894. The molecule has 3 heterocycles. The van der Waals surface area contributed by atoms with Gasteiger partial charge in [-0.25, -0.2) is 5.01 Å². The number of rotatable bonds is 2. The van der Waals surface area contributed by atoms with Gasteiger partial charge in [-0.1, -0.05) is 48.0 Å². The zero-order valence-corrected chi connectivity index (χ0v) is 17.1. The number of fused-ring (bicyclic) bond motifs is 4. The van der Waals surface area contributed by atoms with Crippen molar-refractivity contribution in [2.24, 2.45) is 5.10 Å². The fourth-order valence-electron chi connectivity index (χ4n) is 4.87. The number of para-hydroxylation sites is 1. The molecule has 1 fully saturated rings. The molecule has 1 atom stereocenters. The molecule has 146 valence electrons. The lowest BCUT2D eigenvalue weighted by atomic mass is 9.90. The van der Waals surface area contributed by atoms with Gasteiger partial charge in [0.15, 0.2) is 0 Å². The molecule has 3 aliphatic heterocycles. The lowest BCUT2D eigenvalue weighted by molar-refractivity contribution is -0.152. The lowest BCUT2D eigenvalue weighted by Gasteiger charge is -2.51. The van der Waals surface area contributed by atoms with Crippen molar-refractivity contribution in [3.05, 3.63) is 65.2 Å². The summed E-state index contributed by atoms with van der Waals surface area (Å²) in [6, 6.07) is 18.1. The molecule has 28 heavy (non-hydrogen) atoms. The Morgan fingerprint density at radius 1 is 1.04 bits per heavy atom. The molecule has 0 aliphatic carbocycles. The van der Waals surface area contributed by atoms with Crippen molar-refractivity contribution in [3.8, 4) is 5.75 Å². The van der Waals surface area contributed by atoms with Crippen LogP contribution in [0.5, 0.6) is 5.75 Å². The number of benzene rings is 2. The van der Waals surface area contributed by atoms with E-state index in [2.05, 4.69) is 79.2 Å². The van der Waals surface area contributed by atoms with E-state index in [1.54, 1.807) is 0 Å². The molecule has 3 aliphatic rings. The molecule has 4 nitrogen and oxygen atoms in total. The number of piperidine rings is 1. The minimum absolute atomic E-state index is 0.270. The average Bonchev–Trinajstić information content (AvgIpc) is 3.16. The van der Waals surface area contributed by atoms with Gasteiger partial charge in [0.25, 0.3) is 0 Å². The SMILES string of the molecule is Cc1ccc(C2=NN3[C@@H](C2)c2ccccc2OC32CCN(C(C)C)CC2)cc1. The van der Waals surface area contributed by atoms with Crippen molar-refractivity contribution in [2.75, 3.05) is 13.1 Å². The number of hydrogen-bond donors (Lipinski definition) is 0. The van der Waals surface area contributed by atoms with Crippen LogP contribution in [0.1, 0.15) is 55.8 Å². The molecule has 5 rings (SSSR count). The molecular formula is C24H29N3O. The maximum atomic E-state index is 6.70. The van der Waals surface area contributed by atoms with Crippen LogP contribution in [0.3, 0.4) is 0 Å². The minimum atomic E-state index is -0.323. The first kappa shape index (κ1) is 17.7. The van der Waals surface area contributed by atoms with Gasteiger partial charge in [0.1, 0.15) is 5.75 Å². The smallest absolute Gasteiger partial charge is 0.200 e. The highest BCUT2D eigenvalue weighted by Crippen LogP contribution is 2.49. The van der Waals surface area contributed by atoms with Crippen LogP contribution in [0.4, 0.5) is 0 Å². The van der Waals surface area contributed by atoms with E-state index in [-0.39, 0.29) is 11.8 Å². The second-order valence-corrected chi connectivity index (χ2v) is 8.69. The summed E-state index contributed by atoms with van der Waals surface area (Å²) >= 11 is 0. The molecule has 0 unspecified atom stereocenters. The van der Waals surface area contributed by atoms with E-state index in [9.17, 15) is 0 Å². The Morgan fingerprint density at radius 3 is 2.46 bits per heavy atom. The van der Waals surface area contributed by atoms with Crippen molar-refractivity contribution >= 4 is 5.71 Å². The number of ether oxygens (including phenoxy) is 1. The van der Waals surface area contributed by atoms with E-state index in [4.69, 9.17) is 9.84 Å². The zero-order chi connectivity index (χ0) is 19.3. The van der Waals surface area contributed by atoms with Gasteiger partial charge in [-0.15, -0.1) is 0 Å². The summed E-state index contributed by atoms with van der Waals surface area (Å²) in [4.78, 5) is 2.55. The monoisotopic (exact) mass is 375 g/mol. The van der Waals surface area contributed by atoms with Gasteiger partial charge in [-0.2, -0.15) is 5.10 Å². The predicted octanol–water partition coefficient (Wildman–Crippen LogP) is 4.74. The quantitative estimate of drug-likeness (QED) is 0.759. The maximum absolute atomic E-state index is 6.70. The lowest BCUT2D eigenvalue weighted by Crippen LogP contribution is -2.59. The molecule has 1 spiro atoms. The molecule has 0 radical (unpaired) electrons. The van der Waals surface area contributed by atoms with Gasteiger partial charge >= 0.3 is 0 Å². The first-order chi connectivity index (χ1) is 13.6. The van der Waals surface area contributed by atoms with Crippen LogP contribution in [0.15, 0.2) is 53.6 Å². The number of hydrogen-bond acceptors (Lipinski definition) is 4. The third kappa shape index (κ3) is 2.82. The standard InChI is InChI=1S/C24H29N3O/c1-17(2)26-14-12-24(13-15-26)27-22(20-6-4-5-7-23(20)28-24)16-21(25-27)19-10-8-18(3)9-11-19/h4-11,17,22H,12-16H2,1-3H3/t22-/m0/s1. The summed E-state index contributed by atoms with van der Waals surface area (Å²) in [6.45, 7) is 8.80. The molecule has 0 aromatic heterocycles. The summed E-state index contributed by atoms with van der Waals surface area (Å²) in [6.07, 6.45) is 2.92. The topological polar surface area (TPSA) is 28.1 Å². The Morgan fingerprint density at radius 2 is 1.75 bits per heavy atom. The third-order valence-electron chi connectivity index (χ3n) is 6.60. The van der Waals surface area contributed by atoms with E-state index < -0.39 is 0 Å². The van der Waals surface area contributed by atoms with Crippen LogP contribution in [0, 0.1) is 6.92 Å². The fraction of sp³-hybridized carbons (Fsp3) is 0.458. The van der Waals surface area contributed by atoms with Crippen molar-refractivity contribution in [1.82, 2.24) is 9.91 Å². The van der Waals surface area contributed by atoms with Gasteiger partial charge in [0.2, 0.25) is 5.72 Å². The first-order valence-electron chi connectivity index (χ1n) is 10.5. The summed E-state index contributed by atoms with van der Waals surface area (Å²) in [7, 11) is 0. The highest BCUT2D eigenvalue weighted by molar-refractivity contribution is 6.02. The van der Waals surface area contributed by atoms with E-state index in [1.807, 2.05) is 0 Å². The molecule has 1 saturated heterocycles. The van der Waals surface area contributed by atoms with Crippen molar-refractivity contribution in [3.63, 3.8) is 0 Å². The van der Waals surface area contributed by atoms with Crippen molar-refractivity contribution in [1.29, 1.82) is 0 Å². The van der Waals surface area contributed by atoms with Gasteiger partial charge in [-0.3, -0.25) is 0 Å².